The topological polar surface area (TPSA) is 99.7 Å². The van der Waals surface area contributed by atoms with Crippen molar-refractivity contribution in [1.82, 2.24) is 16.0 Å². The number of nitrogens with one attached hydrogen (secondary N) is 3. The fourth-order valence-corrected chi connectivity index (χ4v) is 4.36. The summed E-state index contributed by atoms with van der Waals surface area (Å²) in [6.07, 6.45) is 2.99. The third kappa shape index (κ3) is 11.2. The summed E-state index contributed by atoms with van der Waals surface area (Å²) in [7, 11) is -2.97. The zero-order valence-corrected chi connectivity index (χ0v) is 19.5. The van der Waals surface area contributed by atoms with Crippen LogP contribution in [0.5, 0.6) is 0 Å². The molecule has 1 fully saturated rings. The van der Waals surface area contributed by atoms with Crippen LogP contribution < -0.4 is 16.0 Å². The molecule has 2 unspecified atom stereocenters. The number of carbonyl (C=O) groups is 1. The van der Waals surface area contributed by atoms with Crippen LogP contribution >= 0.6 is 24.0 Å². The van der Waals surface area contributed by atoms with Gasteiger partial charge in [0, 0.05) is 25.0 Å². The van der Waals surface area contributed by atoms with Gasteiger partial charge in [0.05, 0.1) is 18.1 Å². The average molecular weight is 502 g/mol. The van der Waals surface area contributed by atoms with Gasteiger partial charge in [0.1, 0.15) is 0 Å². The lowest BCUT2D eigenvalue weighted by atomic mass is 10.0. The van der Waals surface area contributed by atoms with E-state index in [0.29, 0.717) is 24.9 Å². The van der Waals surface area contributed by atoms with Crippen molar-refractivity contribution in [2.45, 2.75) is 65.5 Å². The Morgan fingerprint density at radius 2 is 1.92 bits per heavy atom. The number of sulfone groups is 1. The minimum absolute atomic E-state index is 0. The first-order chi connectivity index (χ1) is 11.7. The highest BCUT2D eigenvalue weighted by molar-refractivity contribution is 14.0. The molecule has 1 heterocycles. The summed E-state index contributed by atoms with van der Waals surface area (Å²) >= 11 is 0. The number of aliphatic imine (C=N–C) groups is 1. The smallest absolute Gasteiger partial charge is 0.222 e. The van der Waals surface area contributed by atoms with E-state index in [-0.39, 0.29) is 53.9 Å². The van der Waals surface area contributed by atoms with Gasteiger partial charge >= 0.3 is 0 Å². The maximum atomic E-state index is 11.9. The molecule has 9 heteroatoms. The highest BCUT2D eigenvalue weighted by Crippen LogP contribution is 2.11. The fourth-order valence-electron chi connectivity index (χ4n) is 2.69. The molecule has 0 aliphatic carbocycles. The Morgan fingerprint density at radius 1 is 1.23 bits per heavy atom. The van der Waals surface area contributed by atoms with Crippen LogP contribution in [0.4, 0.5) is 0 Å². The summed E-state index contributed by atoms with van der Waals surface area (Å²) in [5, 5.41) is 9.33. The zero-order valence-electron chi connectivity index (χ0n) is 16.4. The van der Waals surface area contributed by atoms with Crippen LogP contribution in [0, 0.1) is 5.92 Å². The van der Waals surface area contributed by atoms with Crippen molar-refractivity contribution in [3.05, 3.63) is 0 Å². The third-order valence-corrected chi connectivity index (χ3v) is 5.88. The highest BCUT2D eigenvalue weighted by Gasteiger charge is 2.28. The second kappa shape index (κ2) is 12.7. The zero-order chi connectivity index (χ0) is 18.9. The standard InChI is InChI=1S/C17H34N4O3S.HI/c1-5-18-17(20-14(4)7-6-13(2)3)19-10-8-16(22)21-15-9-11-25(23,24)12-15;/h13-15H,5-12H2,1-4H3,(H,21,22)(H2,18,19,20);1H. The van der Waals surface area contributed by atoms with Crippen molar-refractivity contribution in [2.24, 2.45) is 10.9 Å². The van der Waals surface area contributed by atoms with Crippen LogP contribution in [0.25, 0.3) is 0 Å². The predicted octanol–water partition coefficient (Wildman–Crippen LogP) is 1.68. The van der Waals surface area contributed by atoms with Gasteiger partial charge in [0.25, 0.3) is 0 Å². The lowest BCUT2D eigenvalue weighted by molar-refractivity contribution is -0.121. The van der Waals surface area contributed by atoms with Crippen LogP contribution in [0.3, 0.4) is 0 Å². The molecule has 0 saturated carbocycles. The molecule has 1 rings (SSSR count). The number of nitrogens with zero attached hydrogens (tertiary/aromatic N) is 1. The van der Waals surface area contributed by atoms with Crippen molar-refractivity contribution in [3.63, 3.8) is 0 Å². The van der Waals surface area contributed by atoms with Crippen LogP contribution in [0.1, 0.15) is 53.4 Å². The van der Waals surface area contributed by atoms with Crippen molar-refractivity contribution in [1.29, 1.82) is 0 Å². The molecule has 0 aromatic heterocycles. The van der Waals surface area contributed by atoms with Crippen LogP contribution in [0.15, 0.2) is 4.99 Å². The Morgan fingerprint density at radius 3 is 2.46 bits per heavy atom. The van der Waals surface area contributed by atoms with E-state index in [1.54, 1.807) is 0 Å². The van der Waals surface area contributed by atoms with Gasteiger partial charge in [-0.1, -0.05) is 13.8 Å². The molecule has 3 N–H and O–H groups in total. The first-order valence-corrected chi connectivity index (χ1v) is 11.1. The van der Waals surface area contributed by atoms with E-state index < -0.39 is 9.84 Å². The van der Waals surface area contributed by atoms with Gasteiger partial charge in [-0.05, 0) is 39.0 Å². The van der Waals surface area contributed by atoms with E-state index in [4.69, 9.17) is 0 Å². The number of hydrogen-bond acceptors (Lipinski definition) is 4. The molecule has 0 spiro atoms. The number of halogens is 1. The van der Waals surface area contributed by atoms with Crippen LogP contribution in [0.2, 0.25) is 0 Å². The number of guanidine groups is 1. The molecule has 1 saturated heterocycles. The van der Waals surface area contributed by atoms with Crippen molar-refractivity contribution in [3.8, 4) is 0 Å². The van der Waals surface area contributed by atoms with Gasteiger partial charge in [-0.2, -0.15) is 0 Å². The fraction of sp³-hybridized carbons (Fsp3) is 0.882. The normalized spacial score (nSPS) is 20.3. The maximum Gasteiger partial charge on any atom is 0.222 e. The second-order valence-electron chi connectivity index (χ2n) is 7.19. The van der Waals surface area contributed by atoms with Crippen molar-refractivity contribution in [2.75, 3.05) is 24.6 Å². The van der Waals surface area contributed by atoms with Gasteiger partial charge in [0.15, 0.2) is 15.8 Å². The molecule has 7 nitrogen and oxygen atoms in total. The van der Waals surface area contributed by atoms with Gasteiger partial charge < -0.3 is 16.0 Å². The molecule has 0 aromatic rings. The van der Waals surface area contributed by atoms with E-state index in [2.05, 4.69) is 41.7 Å². The van der Waals surface area contributed by atoms with E-state index in [0.717, 1.165) is 25.3 Å². The monoisotopic (exact) mass is 502 g/mol. The Hall–Kier alpha value is -0.580. The number of carbonyl (C=O) groups excluding carboxylic acids is 1. The summed E-state index contributed by atoms with van der Waals surface area (Å²) in [4.78, 5) is 16.4. The molecule has 2 atom stereocenters. The molecule has 1 aliphatic heterocycles. The van der Waals surface area contributed by atoms with Gasteiger partial charge in [-0.25, -0.2) is 8.42 Å². The molecule has 0 bridgehead atoms. The number of hydrogen-bond donors (Lipinski definition) is 3. The lowest BCUT2D eigenvalue weighted by Crippen LogP contribution is -2.42. The largest absolute Gasteiger partial charge is 0.357 e. The van der Waals surface area contributed by atoms with E-state index >= 15 is 0 Å². The summed E-state index contributed by atoms with van der Waals surface area (Å²) in [6, 6.07) is 0.0709. The maximum absolute atomic E-state index is 11.9. The first kappa shape index (κ1) is 25.4. The summed E-state index contributed by atoms with van der Waals surface area (Å²) < 4.78 is 22.8. The third-order valence-electron chi connectivity index (χ3n) is 4.11. The van der Waals surface area contributed by atoms with Crippen molar-refractivity contribution < 1.29 is 13.2 Å². The predicted molar refractivity (Wildman–Crippen MR) is 118 cm³/mol. The minimum Gasteiger partial charge on any atom is -0.357 e. The van der Waals surface area contributed by atoms with Crippen LogP contribution in [-0.2, 0) is 14.6 Å². The molecular weight excluding hydrogens is 467 g/mol. The van der Waals surface area contributed by atoms with Crippen molar-refractivity contribution >= 4 is 45.7 Å². The summed E-state index contributed by atoms with van der Waals surface area (Å²) in [6.45, 7) is 9.68. The first-order valence-electron chi connectivity index (χ1n) is 9.26. The lowest BCUT2D eigenvalue weighted by Gasteiger charge is -2.18. The molecular formula is C17H35IN4O3S. The molecule has 26 heavy (non-hydrogen) atoms. The van der Waals surface area contributed by atoms with Gasteiger partial charge in [-0.15, -0.1) is 24.0 Å². The molecule has 0 radical (unpaired) electrons. The molecule has 154 valence electrons. The van der Waals surface area contributed by atoms with E-state index in [1.165, 1.54) is 0 Å². The quantitative estimate of drug-likeness (QED) is 0.253. The molecule has 1 amide bonds. The summed E-state index contributed by atoms with van der Waals surface area (Å²) in [5.74, 6) is 1.47. The van der Waals surface area contributed by atoms with E-state index in [9.17, 15) is 13.2 Å². The Labute approximate surface area is 175 Å². The van der Waals surface area contributed by atoms with Gasteiger partial charge in [0.2, 0.25) is 5.91 Å². The highest BCUT2D eigenvalue weighted by atomic mass is 127. The number of rotatable bonds is 9. The number of amides is 1. The average Bonchev–Trinajstić information content (AvgIpc) is 2.84. The Bertz CT molecular complexity index is 552. The van der Waals surface area contributed by atoms with Crippen LogP contribution in [-0.4, -0.2) is 57.0 Å². The minimum atomic E-state index is -2.97. The SMILES string of the molecule is CCNC(=NCCC(=O)NC1CCS(=O)(=O)C1)NC(C)CCC(C)C.I. The van der Waals surface area contributed by atoms with E-state index in [1.807, 2.05) is 6.92 Å². The molecule has 0 aromatic carbocycles. The second-order valence-corrected chi connectivity index (χ2v) is 9.42. The Balaban J connectivity index is 0.00000625. The van der Waals surface area contributed by atoms with Gasteiger partial charge in [-0.3, -0.25) is 9.79 Å². The molecule has 1 aliphatic rings. The Kier molecular flexibility index (Phi) is 12.5. The summed E-state index contributed by atoms with van der Waals surface area (Å²) in [5.41, 5.74) is 0.